The molecule has 0 spiro atoms. The van der Waals surface area contributed by atoms with E-state index in [1.807, 2.05) is 6.07 Å². The average Bonchev–Trinajstić information content (AvgIpc) is 2.70. The van der Waals surface area contributed by atoms with Crippen LogP contribution in [0.4, 0.5) is 0 Å². The van der Waals surface area contributed by atoms with Gasteiger partial charge in [-0.3, -0.25) is 0 Å². The Kier molecular flexibility index (Phi) is 6.18. The molecule has 2 aromatic rings. The van der Waals surface area contributed by atoms with Gasteiger partial charge in [0.15, 0.2) is 0 Å². The lowest BCUT2D eigenvalue weighted by Gasteiger charge is -2.37. The molecule has 1 nitrogen and oxygen atoms in total. The predicted octanol–water partition coefficient (Wildman–Crippen LogP) is 6.86. The van der Waals surface area contributed by atoms with Crippen molar-refractivity contribution in [2.75, 3.05) is 0 Å². The molecule has 2 aromatic carbocycles. The van der Waals surface area contributed by atoms with E-state index in [9.17, 15) is 4.57 Å². The summed E-state index contributed by atoms with van der Waals surface area (Å²) in [7, 11) is -2.46. The molecule has 0 aliphatic heterocycles. The first-order valence-electron chi connectivity index (χ1n) is 9.96. The van der Waals surface area contributed by atoms with Crippen molar-refractivity contribution in [2.45, 2.75) is 70.1 Å². The molecule has 0 amide bonds. The molecule has 134 valence electrons. The summed E-state index contributed by atoms with van der Waals surface area (Å²) in [5.74, 6) is 0. The number of benzene rings is 2. The Labute approximate surface area is 153 Å². The summed E-state index contributed by atoms with van der Waals surface area (Å²) in [6.07, 6.45) is 8.07. The fourth-order valence-corrected chi connectivity index (χ4v) is 9.13. The first-order chi connectivity index (χ1) is 12.2. The van der Waals surface area contributed by atoms with E-state index in [-0.39, 0.29) is 0 Å². The van der Waals surface area contributed by atoms with Crippen LogP contribution in [0, 0.1) is 0 Å². The van der Waals surface area contributed by atoms with Gasteiger partial charge in [-0.05, 0) is 36.8 Å². The van der Waals surface area contributed by atoms with Gasteiger partial charge in [0.25, 0.3) is 0 Å². The standard InChI is InChI=1S/C23H31OP/c1-3-20(4-2)25(24,21-15-9-6-10-16-21)23-18-12-11-17-22(23)19-13-7-5-8-14-19/h5,7-8,11-14,17-18,20-21H,3-4,6,9-10,15-16H2,1-2H3. The minimum absolute atomic E-state index is 0.306. The molecule has 0 N–H and O–H groups in total. The molecule has 1 aliphatic carbocycles. The van der Waals surface area contributed by atoms with E-state index < -0.39 is 7.14 Å². The van der Waals surface area contributed by atoms with Crippen molar-refractivity contribution in [2.24, 2.45) is 0 Å². The Bertz CT molecular complexity index is 712. The molecule has 1 aliphatic rings. The highest BCUT2D eigenvalue weighted by Gasteiger charge is 2.41. The van der Waals surface area contributed by atoms with E-state index >= 15 is 0 Å². The number of hydrogen-bond donors (Lipinski definition) is 0. The van der Waals surface area contributed by atoms with E-state index in [0.717, 1.165) is 31.0 Å². The summed E-state index contributed by atoms with van der Waals surface area (Å²) in [6, 6.07) is 19.0. The van der Waals surface area contributed by atoms with Gasteiger partial charge < -0.3 is 4.57 Å². The first-order valence-corrected chi connectivity index (χ1v) is 11.8. The van der Waals surface area contributed by atoms with Crippen LogP contribution in [0.3, 0.4) is 0 Å². The molecule has 0 bridgehead atoms. The van der Waals surface area contributed by atoms with Gasteiger partial charge in [0.1, 0.15) is 7.14 Å². The highest BCUT2D eigenvalue weighted by Crippen LogP contribution is 2.61. The normalized spacial score (nSPS) is 18.2. The maximum atomic E-state index is 14.7. The van der Waals surface area contributed by atoms with Crippen LogP contribution < -0.4 is 5.30 Å². The van der Waals surface area contributed by atoms with Crippen molar-refractivity contribution in [3.8, 4) is 11.1 Å². The van der Waals surface area contributed by atoms with Crippen molar-refractivity contribution in [3.63, 3.8) is 0 Å². The van der Waals surface area contributed by atoms with Crippen LogP contribution in [0.1, 0.15) is 58.8 Å². The summed E-state index contributed by atoms with van der Waals surface area (Å²) < 4.78 is 14.7. The fraction of sp³-hybridized carbons (Fsp3) is 0.478. The van der Waals surface area contributed by atoms with Gasteiger partial charge in [0.05, 0.1) is 0 Å². The molecule has 25 heavy (non-hydrogen) atoms. The van der Waals surface area contributed by atoms with Crippen molar-refractivity contribution in [1.82, 2.24) is 0 Å². The van der Waals surface area contributed by atoms with E-state index in [1.165, 1.54) is 30.4 Å². The lowest BCUT2D eigenvalue weighted by molar-refractivity contribution is 0.478. The van der Waals surface area contributed by atoms with Gasteiger partial charge in [0, 0.05) is 16.6 Å². The molecule has 3 rings (SSSR count). The van der Waals surface area contributed by atoms with Crippen molar-refractivity contribution in [3.05, 3.63) is 54.6 Å². The maximum absolute atomic E-state index is 14.7. The average molecular weight is 354 g/mol. The Balaban J connectivity index is 2.16. The third kappa shape index (κ3) is 3.63. The van der Waals surface area contributed by atoms with Crippen molar-refractivity contribution >= 4 is 12.4 Å². The summed E-state index contributed by atoms with van der Waals surface area (Å²) in [5, 5.41) is 1.14. The molecule has 0 saturated heterocycles. The lowest BCUT2D eigenvalue weighted by Crippen LogP contribution is -2.28. The van der Waals surface area contributed by atoms with Crippen LogP contribution >= 0.6 is 7.14 Å². The second-order valence-corrected chi connectivity index (χ2v) is 10.7. The maximum Gasteiger partial charge on any atom is 0.122 e. The van der Waals surface area contributed by atoms with Crippen LogP contribution in [-0.2, 0) is 4.57 Å². The Hall–Kier alpha value is -1.33. The molecule has 0 radical (unpaired) electrons. The fourth-order valence-electron chi connectivity index (χ4n) is 4.63. The smallest absolute Gasteiger partial charge is 0.122 e. The zero-order valence-electron chi connectivity index (χ0n) is 15.7. The van der Waals surface area contributed by atoms with Crippen LogP contribution in [-0.4, -0.2) is 11.3 Å². The molecule has 1 unspecified atom stereocenters. The number of hydrogen-bond acceptors (Lipinski definition) is 1. The monoisotopic (exact) mass is 354 g/mol. The quantitative estimate of drug-likeness (QED) is 0.518. The van der Waals surface area contributed by atoms with Gasteiger partial charge in [-0.25, -0.2) is 0 Å². The molecule has 1 fully saturated rings. The minimum Gasteiger partial charge on any atom is -0.318 e. The SMILES string of the molecule is CCC(CC)P(=O)(c1ccccc1-c1ccccc1)C1CCCCC1. The van der Waals surface area contributed by atoms with Gasteiger partial charge in [0.2, 0.25) is 0 Å². The number of rotatable bonds is 6. The highest BCUT2D eigenvalue weighted by atomic mass is 31.2. The Morgan fingerprint density at radius 3 is 2.12 bits per heavy atom. The van der Waals surface area contributed by atoms with Crippen molar-refractivity contribution < 1.29 is 4.57 Å². The minimum atomic E-state index is -2.46. The molecular weight excluding hydrogens is 323 g/mol. The summed E-state index contributed by atoms with van der Waals surface area (Å²) >= 11 is 0. The van der Waals surface area contributed by atoms with Gasteiger partial charge in [-0.15, -0.1) is 0 Å². The van der Waals surface area contributed by atoms with E-state index in [2.05, 4.69) is 62.4 Å². The Morgan fingerprint density at radius 1 is 0.880 bits per heavy atom. The second-order valence-electron chi connectivity index (χ2n) is 7.35. The van der Waals surface area contributed by atoms with Gasteiger partial charge in [-0.1, -0.05) is 87.7 Å². The zero-order chi connectivity index (χ0) is 17.7. The molecular formula is C23H31OP. The van der Waals surface area contributed by atoms with E-state index in [0.29, 0.717) is 11.3 Å². The second kappa shape index (κ2) is 8.37. The third-order valence-electron chi connectivity index (χ3n) is 5.97. The third-order valence-corrected chi connectivity index (χ3v) is 10.5. The van der Waals surface area contributed by atoms with Gasteiger partial charge >= 0.3 is 0 Å². The summed E-state index contributed by atoms with van der Waals surface area (Å²) in [5.41, 5.74) is 3.06. The van der Waals surface area contributed by atoms with Gasteiger partial charge in [-0.2, -0.15) is 0 Å². The van der Waals surface area contributed by atoms with E-state index in [1.54, 1.807) is 0 Å². The topological polar surface area (TPSA) is 17.1 Å². The molecule has 0 heterocycles. The first kappa shape index (κ1) is 18.5. The predicted molar refractivity (Wildman–Crippen MR) is 110 cm³/mol. The van der Waals surface area contributed by atoms with Crippen LogP contribution in [0.2, 0.25) is 0 Å². The molecule has 1 atom stereocenters. The molecule has 1 saturated carbocycles. The summed E-state index contributed by atoms with van der Waals surface area (Å²) in [4.78, 5) is 0. The largest absolute Gasteiger partial charge is 0.318 e. The van der Waals surface area contributed by atoms with Crippen LogP contribution in [0.15, 0.2) is 54.6 Å². The summed E-state index contributed by atoms with van der Waals surface area (Å²) in [6.45, 7) is 4.43. The highest BCUT2D eigenvalue weighted by molar-refractivity contribution is 7.73. The van der Waals surface area contributed by atoms with E-state index in [4.69, 9.17) is 0 Å². The van der Waals surface area contributed by atoms with Crippen LogP contribution in [0.25, 0.3) is 11.1 Å². The lowest BCUT2D eigenvalue weighted by atomic mass is 10.0. The zero-order valence-corrected chi connectivity index (χ0v) is 16.6. The van der Waals surface area contributed by atoms with Crippen LogP contribution in [0.5, 0.6) is 0 Å². The molecule has 0 aromatic heterocycles. The Morgan fingerprint density at radius 2 is 1.48 bits per heavy atom. The van der Waals surface area contributed by atoms with Crippen molar-refractivity contribution in [1.29, 1.82) is 0 Å². The molecule has 2 heteroatoms.